The molecule has 3 aliphatic rings. The predicted octanol–water partition coefficient (Wildman–Crippen LogP) is 1.56. The first-order chi connectivity index (χ1) is 10.3. The van der Waals surface area contributed by atoms with Gasteiger partial charge in [-0.05, 0) is 25.0 Å². The van der Waals surface area contributed by atoms with Crippen LogP contribution in [0.3, 0.4) is 0 Å². The first-order valence-corrected chi connectivity index (χ1v) is 8.01. The molecule has 2 saturated heterocycles. The highest BCUT2D eigenvalue weighted by Gasteiger charge is 2.42. The maximum Gasteiger partial charge on any atom is 0.320 e. The zero-order valence-corrected chi connectivity index (χ0v) is 12.3. The van der Waals surface area contributed by atoms with Crippen molar-refractivity contribution in [2.45, 2.75) is 37.9 Å². The lowest BCUT2D eigenvalue weighted by Crippen LogP contribution is -2.56. The van der Waals surface area contributed by atoms with E-state index in [0.717, 1.165) is 37.9 Å². The molecule has 1 aromatic rings. The maximum atomic E-state index is 12.5. The molecule has 0 spiro atoms. The number of hydrogen-bond donors (Lipinski definition) is 0. The van der Waals surface area contributed by atoms with Crippen LogP contribution in [0.2, 0.25) is 0 Å². The molecule has 112 valence electrons. The first-order valence-electron chi connectivity index (χ1n) is 8.01. The van der Waals surface area contributed by atoms with Crippen molar-refractivity contribution in [3.05, 3.63) is 30.1 Å². The van der Waals surface area contributed by atoms with E-state index in [0.29, 0.717) is 12.6 Å². The molecule has 1 atom stereocenters. The van der Waals surface area contributed by atoms with Gasteiger partial charge in [-0.15, -0.1) is 0 Å². The van der Waals surface area contributed by atoms with Crippen LogP contribution in [0.1, 0.15) is 25.0 Å². The molecule has 1 aliphatic carbocycles. The normalized spacial score (nSPS) is 26.9. The summed E-state index contributed by atoms with van der Waals surface area (Å²) >= 11 is 0. The van der Waals surface area contributed by atoms with E-state index >= 15 is 0 Å². The summed E-state index contributed by atoms with van der Waals surface area (Å²) in [5, 5.41) is 0. The standard InChI is InChI=1S/C16H22N4O/c21-16-19(10-13-4-1-2-7-17-13)12-15-11-18(8-9-20(15)16)14-5-3-6-14/h1-2,4,7,14-15H,3,5-6,8-12H2/t15-/m1/s1. The minimum Gasteiger partial charge on any atom is -0.317 e. The van der Waals surface area contributed by atoms with Gasteiger partial charge in [0, 0.05) is 38.4 Å². The summed E-state index contributed by atoms with van der Waals surface area (Å²) < 4.78 is 0. The Labute approximate surface area is 125 Å². The van der Waals surface area contributed by atoms with Gasteiger partial charge in [-0.2, -0.15) is 0 Å². The van der Waals surface area contributed by atoms with Gasteiger partial charge in [0.05, 0.1) is 18.3 Å². The molecular weight excluding hydrogens is 264 g/mol. The van der Waals surface area contributed by atoms with Crippen LogP contribution in [-0.4, -0.2) is 64.0 Å². The molecule has 2 aliphatic heterocycles. The minimum absolute atomic E-state index is 0.193. The molecule has 2 amide bonds. The number of urea groups is 1. The largest absolute Gasteiger partial charge is 0.320 e. The highest BCUT2D eigenvalue weighted by molar-refractivity contribution is 5.77. The Hall–Kier alpha value is -1.62. The molecule has 3 heterocycles. The van der Waals surface area contributed by atoms with Gasteiger partial charge in [0.15, 0.2) is 0 Å². The minimum atomic E-state index is 0.193. The molecule has 0 aromatic carbocycles. The Kier molecular flexibility index (Phi) is 3.30. The molecule has 21 heavy (non-hydrogen) atoms. The Morgan fingerprint density at radius 1 is 1.14 bits per heavy atom. The third-order valence-electron chi connectivity index (χ3n) is 5.13. The van der Waals surface area contributed by atoms with Gasteiger partial charge in [0.1, 0.15) is 0 Å². The van der Waals surface area contributed by atoms with Gasteiger partial charge < -0.3 is 9.80 Å². The molecule has 0 bridgehead atoms. The van der Waals surface area contributed by atoms with Crippen molar-refractivity contribution in [3.8, 4) is 0 Å². The predicted molar refractivity (Wildman–Crippen MR) is 79.7 cm³/mol. The van der Waals surface area contributed by atoms with E-state index in [1.807, 2.05) is 23.1 Å². The van der Waals surface area contributed by atoms with Crippen LogP contribution in [-0.2, 0) is 6.54 Å². The fraction of sp³-hybridized carbons (Fsp3) is 0.625. The van der Waals surface area contributed by atoms with Crippen LogP contribution in [0.4, 0.5) is 4.79 Å². The molecule has 0 radical (unpaired) electrons. The summed E-state index contributed by atoms with van der Waals surface area (Å²) in [6.07, 6.45) is 5.86. The SMILES string of the molecule is O=C1N(Cc2ccccn2)C[C@H]2CN(C3CCC3)CCN12. The van der Waals surface area contributed by atoms with Crippen LogP contribution in [0.5, 0.6) is 0 Å². The van der Waals surface area contributed by atoms with Crippen molar-refractivity contribution < 1.29 is 4.79 Å². The molecule has 4 rings (SSSR count). The van der Waals surface area contributed by atoms with Gasteiger partial charge in [-0.25, -0.2) is 4.79 Å². The second kappa shape index (κ2) is 5.30. The number of amides is 2. The highest BCUT2D eigenvalue weighted by Crippen LogP contribution is 2.29. The molecule has 1 saturated carbocycles. The van der Waals surface area contributed by atoms with E-state index in [4.69, 9.17) is 0 Å². The van der Waals surface area contributed by atoms with Crippen LogP contribution in [0.15, 0.2) is 24.4 Å². The lowest BCUT2D eigenvalue weighted by molar-refractivity contribution is 0.0558. The number of hydrogen-bond acceptors (Lipinski definition) is 3. The summed E-state index contributed by atoms with van der Waals surface area (Å²) in [6, 6.07) is 7.23. The number of carbonyl (C=O) groups excluding carboxylic acids is 1. The van der Waals surface area contributed by atoms with Crippen molar-refractivity contribution >= 4 is 6.03 Å². The number of piperazine rings is 1. The quantitative estimate of drug-likeness (QED) is 0.846. The first kappa shape index (κ1) is 13.1. The lowest BCUT2D eigenvalue weighted by atomic mass is 9.90. The molecule has 3 fully saturated rings. The van der Waals surface area contributed by atoms with Crippen molar-refractivity contribution in [1.29, 1.82) is 0 Å². The second-order valence-electron chi connectivity index (χ2n) is 6.41. The van der Waals surface area contributed by atoms with E-state index in [9.17, 15) is 4.79 Å². The number of fused-ring (bicyclic) bond motifs is 1. The van der Waals surface area contributed by atoms with E-state index in [-0.39, 0.29) is 6.03 Å². The average Bonchev–Trinajstić information content (AvgIpc) is 2.74. The Bertz CT molecular complexity index is 516. The lowest BCUT2D eigenvalue weighted by Gasteiger charge is -2.44. The van der Waals surface area contributed by atoms with E-state index in [2.05, 4.69) is 14.8 Å². The zero-order valence-electron chi connectivity index (χ0n) is 12.3. The monoisotopic (exact) mass is 286 g/mol. The number of aromatic nitrogens is 1. The fourth-order valence-electron chi connectivity index (χ4n) is 3.70. The van der Waals surface area contributed by atoms with E-state index in [1.165, 1.54) is 19.3 Å². The van der Waals surface area contributed by atoms with Crippen molar-refractivity contribution in [3.63, 3.8) is 0 Å². The average molecular weight is 286 g/mol. The zero-order chi connectivity index (χ0) is 14.2. The molecule has 0 N–H and O–H groups in total. The summed E-state index contributed by atoms with van der Waals surface area (Å²) in [5.74, 6) is 0. The number of rotatable bonds is 3. The van der Waals surface area contributed by atoms with Crippen LogP contribution in [0.25, 0.3) is 0 Å². The molecule has 1 aromatic heterocycles. The summed E-state index contributed by atoms with van der Waals surface area (Å²) in [6.45, 7) is 4.47. The van der Waals surface area contributed by atoms with E-state index < -0.39 is 0 Å². The van der Waals surface area contributed by atoms with Gasteiger partial charge in [-0.3, -0.25) is 9.88 Å². The summed E-state index contributed by atoms with van der Waals surface area (Å²) in [7, 11) is 0. The Morgan fingerprint density at radius 3 is 2.76 bits per heavy atom. The molecule has 5 nitrogen and oxygen atoms in total. The van der Waals surface area contributed by atoms with Gasteiger partial charge >= 0.3 is 6.03 Å². The fourth-order valence-corrected chi connectivity index (χ4v) is 3.70. The van der Waals surface area contributed by atoms with Gasteiger partial charge in [0.2, 0.25) is 0 Å². The van der Waals surface area contributed by atoms with Crippen molar-refractivity contribution in [1.82, 2.24) is 19.7 Å². The third-order valence-corrected chi connectivity index (χ3v) is 5.13. The van der Waals surface area contributed by atoms with Crippen LogP contribution >= 0.6 is 0 Å². The third kappa shape index (κ3) is 2.39. The summed E-state index contributed by atoms with van der Waals surface area (Å²) in [4.78, 5) is 23.5. The second-order valence-corrected chi connectivity index (χ2v) is 6.41. The van der Waals surface area contributed by atoms with E-state index in [1.54, 1.807) is 6.20 Å². The van der Waals surface area contributed by atoms with Gasteiger partial charge in [-0.1, -0.05) is 12.5 Å². The topological polar surface area (TPSA) is 39.7 Å². The molecule has 0 unspecified atom stereocenters. The molecule has 5 heteroatoms. The number of nitrogens with zero attached hydrogens (tertiary/aromatic N) is 4. The number of carbonyl (C=O) groups is 1. The van der Waals surface area contributed by atoms with Crippen molar-refractivity contribution in [2.24, 2.45) is 0 Å². The van der Waals surface area contributed by atoms with Gasteiger partial charge in [0.25, 0.3) is 0 Å². The highest BCUT2D eigenvalue weighted by atomic mass is 16.2. The number of pyridine rings is 1. The van der Waals surface area contributed by atoms with Crippen molar-refractivity contribution in [2.75, 3.05) is 26.2 Å². The summed E-state index contributed by atoms with van der Waals surface area (Å²) in [5.41, 5.74) is 0.974. The maximum absolute atomic E-state index is 12.5. The van der Waals surface area contributed by atoms with Crippen LogP contribution < -0.4 is 0 Å². The molecular formula is C16H22N4O. The Morgan fingerprint density at radius 2 is 2.05 bits per heavy atom. The Balaban J connectivity index is 1.42. The van der Waals surface area contributed by atoms with Crippen LogP contribution in [0, 0.1) is 0 Å². The smallest absolute Gasteiger partial charge is 0.317 e.